The molecule has 0 spiro atoms. The first-order valence-corrected chi connectivity index (χ1v) is 8.62. The Morgan fingerprint density at radius 1 is 1.14 bits per heavy atom. The first kappa shape index (κ1) is 15.3. The van der Waals surface area contributed by atoms with E-state index < -0.39 is 0 Å². The molecule has 120 valence electrons. The molecule has 0 saturated carbocycles. The highest BCUT2D eigenvalue weighted by molar-refractivity contribution is 5.78. The molecule has 0 aromatic rings. The van der Waals surface area contributed by atoms with Crippen molar-refractivity contribution in [1.82, 2.24) is 20.0 Å². The van der Waals surface area contributed by atoms with Gasteiger partial charge in [-0.15, -0.1) is 0 Å². The van der Waals surface area contributed by atoms with Crippen LogP contribution in [0.25, 0.3) is 0 Å². The van der Waals surface area contributed by atoms with Crippen LogP contribution in [0.4, 0.5) is 0 Å². The molecule has 2 unspecified atom stereocenters. The predicted octanol–water partition coefficient (Wildman–Crippen LogP) is 0.365. The normalized spacial score (nSPS) is 33.7. The Kier molecular flexibility index (Phi) is 4.82. The van der Waals surface area contributed by atoms with E-state index in [9.17, 15) is 4.79 Å². The van der Waals surface area contributed by atoms with E-state index in [1.165, 1.54) is 25.7 Å². The third kappa shape index (κ3) is 3.58. The summed E-state index contributed by atoms with van der Waals surface area (Å²) in [5.74, 6) is 0.329. The van der Waals surface area contributed by atoms with Crippen molar-refractivity contribution in [2.24, 2.45) is 0 Å². The summed E-state index contributed by atoms with van der Waals surface area (Å²) in [6.07, 6.45) is 5.09. The van der Waals surface area contributed by atoms with Gasteiger partial charge >= 0.3 is 0 Å². The van der Waals surface area contributed by atoms with Crippen LogP contribution in [0, 0.1) is 0 Å². The summed E-state index contributed by atoms with van der Waals surface area (Å²) >= 11 is 0. The molecule has 3 fully saturated rings. The number of nitrogens with zero attached hydrogens (tertiary/aromatic N) is 3. The molecule has 1 N–H and O–H groups in total. The predicted molar refractivity (Wildman–Crippen MR) is 84.3 cm³/mol. The second-order valence-corrected chi connectivity index (χ2v) is 7.01. The highest BCUT2D eigenvalue weighted by atomic mass is 16.2. The number of hydrogen-bond donors (Lipinski definition) is 1. The molecule has 0 radical (unpaired) electrons. The molecule has 1 amide bonds. The van der Waals surface area contributed by atoms with Gasteiger partial charge in [-0.2, -0.15) is 0 Å². The molecule has 0 aromatic heterocycles. The summed E-state index contributed by atoms with van der Waals surface area (Å²) in [4.78, 5) is 19.3. The highest BCUT2D eigenvalue weighted by Gasteiger charge is 2.36. The van der Waals surface area contributed by atoms with Gasteiger partial charge in [-0.05, 0) is 39.3 Å². The molecule has 2 bridgehead atoms. The average molecular weight is 294 g/mol. The maximum absolute atomic E-state index is 12.5. The van der Waals surface area contributed by atoms with E-state index in [2.05, 4.69) is 34.0 Å². The first-order valence-electron chi connectivity index (χ1n) is 8.62. The van der Waals surface area contributed by atoms with Crippen molar-refractivity contribution >= 4 is 5.91 Å². The van der Waals surface area contributed by atoms with Crippen LogP contribution >= 0.6 is 0 Å². The number of likely N-dealkylation sites (N-methyl/N-ethyl adjacent to an activating group) is 2. The van der Waals surface area contributed by atoms with Crippen LogP contribution in [0.1, 0.15) is 32.6 Å². The molecule has 5 heteroatoms. The molecular formula is C16H30N4O. The molecule has 3 rings (SSSR count). The number of hydrogen-bond acceptors (Lipinski definition) is 4. The zero-order valence-electron chi connectivity index (χ0n) is 13.6. The van der Waals surface area contributed by atoms with E-state index in [4.69, 9.17) is 0 Å². The Bertz CT molecular complexity index is 355. The number of carbonyl (C=O) groups excluding carboxylic acids is 1. The smallest absolute Gasteiger partial charge is 0.236 e. The minimum atomic E-state index is 0.329. The number of carbonyl (C=O) groups is 1. The van der Waals surface area contributed by atoms with Crippen molar-refractivity contribution in [2.75, 3.05) is 46.3 Å². The minimum absolute atomic E-state index is 0.329. The maximum atomic E-state index is 12.5. The van der Waals surface area contributed by atoms with Gasteiger partial charge in [0.2, 0.25) is 5.91 Å². The fourth-order valence-electron chi connectivity index (χ4n) is 4.15. The molecule has 0 aliphatic carbocycles. The Morgan fingerprint density at radius 2 is 1.76 bits per heavy atom. The van der Waals surface area contributed by atoms with Gasteiger partial charge < -0.3 is 15.1 Å². The SMILES string of the molecule is CCN(CC(=O)N1CCN(C)CC1)C1CC2CCC(C1)N2. The third-order valence-electron chi connectivity index (χ3n) is 5.57. The lowest BCUT2D eigenvalue weighted by Crippen LogP contribution is -2.53. The van der Waals surface area contributed by atoms with Gasteiger partial charge in [0.1, 0.15) is 0 Å². The van der Waals surface area contributed by atoms with Gasteiger partial charge in [-0.3, -0.25) is 9.69 Å². The van der Waals surface area contributed by atoms with E-state index in [0.29, 0.717) is 30.6 Å². The molecule has 5 nitrogen and oxygen atoms in total. The van der Waals surface area contributed by atoms with Crippen molar-refractivity contribution in [1.29, 1.82) is 0 Å². The van der Waals surface area contributed by atoms with Gasteiger partial charge in [0.25, 0.3) is 0 Å². The zero-order valence-corrected chi connectivity index (χ0v) is 13.6. The fraction of sp³-hybridized carbons (Fsp3) is 0.938. The van der Waals surface area contributed by atoms with Crippen molar-refractivity contribution in [2.45, 2.75) is 50.7 Å². The lowest BCUT2D eigenvalue weighted by Gasteiger charge is -2.39. The highest BCUT2D eigenvalue weighted by Crippen LogP contribution is 2.29. The molecule has 2 atom stereocenters. The summed E-state index contributed by atoms with van der Waals surface area (Å²) in [7, 11) is 2.13. The molecule has 3 aliphatic rings. The largest absolute Gasteiger partial charge is 0.339 e. The first-order chi connectivity index (χ1) is 10.2. The molecule has 3 heterocycles. The van der Waals surface area contributed by atoms with Gasteiger partial charge in [-0.1, -0.05) is 6.92 Å². The van der Waals surface area contributed by atoms with Crippen LogP contribution < -0.4 is 5.32 Å². The van der Waals surface area contributed by atoms with E-state index >= 15 is 0 Å². The van der Waals surface area contributed by atoms with Crippen LogP contribution in [0.3, 0.4) is 0 Å². The molecule has 21 heavy (non-hydrogen) atoms. The fourth-order valence-corrected chi connectivity index (χ4v) is 4.15. The Morgan fingerprint density at radius 3 is 2.33 bits per heavy atom. The topological polar surface area (TPSA) is 38.8 Å². The number of nitrogens with one attached hydrogen (secondary N) is 1. The van der Waals surface area contributed by atoms with Crippen LogP contribution in [0.2, 0.25) is 0 Å². The van der Waals surface area contributed by atoms with Crippen molar-refractivity contribution in [3.8, 4) is 0 Å². The molecule has 3 aliphatic heterocycles. The summed E-state index contributed by atoms with van der Waals surface area (Å²) in [6, 6.07) is 1.99. The maximum Gasteiger partial charge on any atom is 0.236 e. The number of piperidine rings is 1. The molecule has 3 saturated heterocycles. The van der Waals surface area contributed by atoms with Gasteiger partial charge in [0, 0.05) is 44.3 Å². The van der Waals surface area contributed by atoms with Crippen LogP contribution in [-0.2, 0) is 4.79 Å². The lowest BCUT2D eigenvalue weighted by atomic mass is 9.98. The van der Waals surface area contributed by atoms with Gasteiger partial charge in [0.15, 0.2) is 0 Å². The number of amides is 1. The number of piperazine rings is 1. The summed E-state index contributed by atoms with van der Waals surface area (Å²) in [5, 5.41) is 3.69. The number of fused-ring (bicyclic) bond motifs is 2. The average Bonchev–Trinajstić information content (AvgIpc) is 2.83. The van der Waals surface area contributed by atoms with Gasteiger partial charge in [0.05, 0.1) is 6.54 Å². The molecule has 0 aromatic carbocycles. The Hall–Kier alpha value is -0.650. The monoisotopic (exact) mass is 294 g/mol. The van der Waals surface area contributed by atoms with Crippen LogP contribution in [0.15, 0.2) is 0 Å². The van der Waals surface area contributed by atoms with Crippen molar-refractivity contribution in [3.05, 3.63) is 0 Å². The van der Waals surface area contributed by atoms with E-state index in [0.717, 1.165) is 32.7 Å². The minimum Gasteiger partial charge on any atom is -0.339 e. The zero-order chi connectivity index (χ0) is 14.8. The van der Waals surface area contributed by atoms with Crippen molar-refractivity contribution in [3.63, 3.8) is 0 Å². The van der Waals surface area contributed by atoms with Crippen molar-refractivity contribution < 1.29 is 4.79 Å². The number of rotatable bonds is 4. The Balaban J connectivity index is 1.53. The van der Waals surface area contributed by atoms with E-state index in [1.807, 2.05) is 0 Å². The quantitative estimate of drug-likeness (QED) is 0.813. The van der Waals surface area contributed by atoms with Crippen LogP contribution in [-0.4, -0.2) is 85.0 Å². The second-order valence-electron chi connectivity index (χ2n) is 7.01. The lowest BCUT2D eigenvalue weighted by molar-refractivity contribution is -0.134. The standard InChI is InChI=1S/C16H30N4O/c1-3-19(15-10-13-4-5-14(11-15)17-13)12-16(21)20-8-6-18(2)7-9-20/h13-15,17H,3-12H2,1-2H3. The van der Waals surface area contributed by atoms with E-state index in [1.54, 1.807) is 0 Å². The van der Waals surface area contributed by atoms with E-state index in [-0.39, 0.29) is 0 Å². The summed E-state index contributed by atoms with van der Waals surface area (Å²) in [5.41, 5.74) is 0. The van der Waals surface area contributed by atoms with Gasteiger partial charge in [-0.25, -0.2) is 0 Å². The summed E-state index contributed by atoms with van der Waals surface area (Å²) in [6.45, 7) is 7.61. The molecular weight excluding hydrogens is 264 g/mol. The van der Waals surface area contributed by atoms with Crippen LogP contribution in [0.5, 0.6) is 0 Å². The third-order valence-corrected chi connectivity index (χ3v) is 5.57. The second kappa shape index (κ2) is 6.63. The Labute approximate surface area is 128 Å². The summed E-state index contributed by atoms with van der Waals surface area (Å²) < 4.78 is 0.